The topological polar surface area (TPSA) is 41.6 Å². The van der Waals surface area contributed by atoms with Gasteiger partial charge in [-0.3, -0.25) is 0 Å². The van der Waals surface area contributed by atoms with Gasteiger partial charge in [-0.2, -0.15) is 0 Å². The van der Waals surface area contributed by atoms with Crippen molar-refractivity contribution in [2.45, 2.75) is 65.2 Å². The quantitative estimate of drug-likeness (QED) is 0.781. The normalized spacial score (nSPS) is 11.6. The Labute approximate surface area is 115 Å². The number of aromatic nitrogens is 3. The fourth-order valence-corrected chi connectivity index (χ4v) is 2.60. The summed E-state index contributed by atoms with van der Waals surface area (Å²) in [7, 11) is 0. The van der Waals surface area contributed by atoms with Crippen LogP contribution in [-0.4, -0.2) is 15.0 Å². The molecule has 0 radical (unpaired) electrons. The minimum Gasteiger partial charge on any atom is -0.327 e. The van der Waals surface area contributed by atoms with E-state index >= 15 is 0 Å². The third kappa shape index (κ3) is 3.55. The van der Waals surface area contributed by atoms with Crippen LogP contribution in [-0.2, 0) is 0 Å². The van der Waals surface area contributed by atoms with Crippen LogP contribution in [0.25, 0.3) is 11.2 Å². The molecule has 0 unspecified atom stereocenters. The zero-order chi connectivity index (χ0) is 13.7. The van der Waals surface area contributed by atoms with Crippen molar-refractivity contribution >= 4 is 11.2 Å². The number of pyridine rings is 1. The Bertz CT molecular complexity index is 508. The number of H-pyrrole nitrogens is 1. The highest BCUT2D eigenvalue weighted by molar-refractivity contribution is 5.70. The number of aromatic amines is 1. The second-order valence-corrected chi connectivity index (χ2v) is 5.41. The first-order valence-electron chi connectivity index (χ1n) is 7.57. The molecular formula is C16H25N3. The van der Waals surface area contributed by atoms with Crippen molar-refractivity contribution < 1.29 is 0 Å². The first-order chi connectivity index (χ1) is 9.24. The average Bonchev–Trinajstić information content (AvgIpc) is 2.78. The molecule has 0 bridgehead atoms. The van der Waals surface area contributed by atoms with Crippen LogP contribution in [0.3, 0.4) is 0 Å². The molecule has 0 amide bonds. The Morgan fingerprint density at radius 1 is 1.05 bits per heavy atom. The summed E-state index contributed by atoms with van der Waals surface area (Å²) in [5, 5.41) is 0. The Kier molecular flexibility index (Phi) is 4.94. The summed E-state index contributed by atoms with van der Waals surface area (Å²) in [4.78, 5) is 12.4. The number of fused-ring (bicyclic) bond motifs is 1. The van der Waals surface area contributed by atoms with Crippen LogP contribution in [0, 0.1) is 6.92 Å². The highest BCUT2D eigenvalue weighted by Crippen LogP contribution is 2.27. The molecule has 2 rings (SSSR count). The summed E-state index contributed by atoms with van der Waals surface area (Å²) in [5.74, 6) is 1.55. The van der Waals surface area contributed by atoms with Crippen LogP contribution in [0.2, 0.25) is 0 Å². The van der Waals surface area contributed by atoms with Gasteiger partial charge in [0.15, 0.2) is 5.65 Å². The smallest absolute Gasteiger partial charge is 0.157 e. The first-order valence-corrected chi connectivity index (χ1v) is 7.57. The number of nitrogens with one attached hydrogen (secondary N) is 1. The van der Waals surface area contributed by atoms with Gasteiger partial charge in [0.25, 0.3) is 0 Å². The molecule has 1 N–H and O–H groups in total. The number of rotatable bonds is 7. The third-order valence-electron chi connectivity index (χ3n) is 3.71. The molecule has 0 aliphatic carbocycles. The number of imidazole rings is 1. The van der Waals surface area contributed by atoms with E-state index < -0.39 is 0 Å². The predicted octanol–water partition coefficient (Wildman–Crippen LogP) is 4.73. The number of hydrogen-bond donors (Lipinski definition) is 1. The summed E-state index contributed by atoms with van der Waals surface area (Å²) >= 11 is 0. The van der Waals surface area contributed by atoms with E-state index in [-0.39, 0.29) is 0 Å². The van der Waals surface area contributed by atoms with Crippen molar-refractivity contribution in [2.75, 3.05) is 0 Å². The van der Waals surface area contributed by atoms with Crippen LogP contribution in [0.4, 0.5) is 0 Å². The summed E-state index contributed by atoms with van der Waals surface area (Å²) in [6, 6.07) is 4.27. The average molecular weight is 259 g/mol. The predicted molar refractivity (Wildman–Crippen MR) is 80.4 cm³/mol. The Morgan fingerprint density at radius 2 is 1.74 bits per heavy atom. The van der Waals surface area contributed by atoms with Crippen LogP contribution in [0.15, 0.2) is 12.1 Å². The van der Waals surface area contributed by atoms with E-state index in [1.54, 1.807) is 0 Å². The van der Waals surface area contributed by atoms with Crippen LogP contribution < -0.4 is 0 Å². The molecule has 0 aliphatic heterocycles. The lowest BCUT2D eigenvalue weighted by atomic mass is 9.92. The van der Waals surface area contributed by atoms with Gasteiger partial charge in [-0.1, -0.05) is 39.5 Å². The fraction of sp³-hybridized carbons (Fsp3) is 0.625. The molecule has 0 fully saturated rings. The van der Waals surface area contributed by atoms with Crippen LogP contribution >= 0.6 is 0 Å². The van der Waals surface area contributed by atoms with E-state index in [0.29, 0.717) is 5.92 Å². The van der Waals surface area contributed by atoms with Gasteiger partial charge in [-0.25, -0.2) is 9.97 Å². The lowest BCUT2D eigenvalue weighted by Crippen LogP contribution is -2.02. The molecule has 0 saturated carbocycles. The zero-order valence-corrected chi connectivity index (χ0v) is 12.4. The number of aryl methyl sites for hydroxylation is 1. The molecule has 104 valence electrons. The van der Waals surface area contributed by atoms with E-state index in [1.807, 2.05) is 6.92 Å². The van der Waals surface area contributed by atoms with Crippen molar-refractivity contribution in [2.24, 2.45) is 0 Å². The van der Waals surface area contributed by atoms with Crippen molar-refractivity contribution in [3.63, 3.8) is 0 Å². The SMILES string of the molecule is CCCCC(CCCC)c1ccc2nc(C)[nH]c2n1. The summed E-state index contributed by atoms with van der Waals surface area (Å²) < 4.78 is 0. The molecule has 0 spiro atoms. The minimum absolute atomic E-state index is 0.605. The maximum Gasteiger partial charge on any atom is 0.157 e. The minimum atomic E-state index is 0.605. The van der Waals surface area contributed by atoms with Gasteiger partial charge in [-0.15, -0.1) is 0 Å². The van der Waals surface area contributed by atoms with Gasteiger partial charge >= 0.3 is 0 Å². The van der Waals surface area contributed by atoms with E-state index in [2.05, 4.69) is 35.9 Å². The molecule has 19 heavy (non-hydrogen) atoms. The lowest BCUT2D eigenvalue weighted by Gasteiger charge is -2.15. The highest BCUT2D eigenvalue weighted by Gasteiger charge is 2.13. The van der Waals surface area contributed by atoms with Gasteiger partial charge in [0.1, 0.15) is 11.3 Å². The fourth-order valence-electron chi connectivity index (χ4n) is 2.60. The van der Waals surface area contributed by atoms with Gasteiger partial charge in [-0.05, 0) is 31.9 Å². The van der Waals surface area contributed by atoms with Crippen molar-refractivity contribution in [3.05, 3.63) is 23.7 Å². The monoisotopic (exact) mass is 259 g/mol. The Balaban J connectivity index is 2.20. The molecule has 3 nitrogen and oxygen atoms in total. The van der Waals surface area contributed by atoms with E-state index in [0.717, 1.165) is 17.0 Å². The van der Waals surface area contributed by atoms with Crippen molar-refractivity contribution in [1.82, 2.24) is 15.0 Å². The van der Waals surface area contributed by atoms with Crippen LogP contribution in [0.5, 0.6) is 0 Å². The molecule has 0 aromatic carbocycles. The standard InChI is InChI=1S/C16H25N3/c1-4-6-8-13(9-7-5-2)14-10-11-15-16(19-14)18-12(3)17-15/h10-11,13H,4-9H2,1-3H3,(H,17,18,19). The van der Waals surface area contributed by atoms with Gasteiger partial charge in [0.05, 0.1) is 0 Å². The maximum absolute atomic E-state index is 4.78. The lowest BCUT2D eigenvalue weighted by molar-refractivity contribution is 0.516. The van der Waals surface area contributed by atoms with E-state index in [9.17, 15) is 0 Å². The summed E-state index contributed by atoms with van der Waals surface area (Å²) in [5.41, 5.74) is 3.15. The summed E-state index contributed by atoms with van der Waals surface area (Å²) in [6.45, 7) is 6.49. The Morgan fingerprint density at radius 3 is 2.37 bits per heavy atom. The molecule has 0 aliphatic rings. The highest BCUT2D eigenvalue weighted by atomic mass is 15.0. The van der Waals surface area contributed by atoms with Gasteiger partial charge < -0.3 is 4.98 Å². The molecule has 0 saturated heterocycles. The maximum atomic E-state index is 4.78. The zero-order valence-electron chi connectivity index (χ0n) is 12.4. The first kappa shape index (κ1) is 14.0. The molecular weight excluding hydrogens is 234 g/mol. The molecule has 2 aromatic heterocycles. The van der Waals surface area contributed by atoms with Gasteiger partial charge in [0.2, 0.25) is 0 Å². The second-order valence-electron chi connectivity index (χ2n) is 5.41. The Hall–Kier alpha value is -1.38. The van der Waals surface area contributed by atoms with Crippen molar-refractivity contribution in [1.29, 1.82) is 0 Å². The second kappa shape index (κ2) is 6.69. The molecule has 0 atom stereocenters. The number of unbranched alkanes of at least 4 members (excludes halogenated alkanes) is 2. The molecule has 3 heteroatoms. The van der Waals surface area contributed by atoms with Crippen molar-refractivity contribution in [3.8, 4) is 0 Å². The van der Waals surface area contributed by atoms with Crippen LogP contribution in [0.1, 0.15) is 69.8 Å². The summed E-state index contributed by atoms with van der Waals surface area (Å²) in [6.07, 6.45) is 7.60. The van der Waals surface area contributed by atoms with E-state index in [1.165, 1.54) is 44.2 Å². The third-order valence-corrected chi connectivity index (χ3v) is 3.71. The number of nitrogens with zero attached hydrogens (tertiary/aromatic N) is 2. The largest absolute Gasteiger partial charge is 0.327 e. The molecule has 2 heterocycles. The van der Waals surface area contributed by atoms with Gasteiger partial charge in [0, 0.05) is 11.6 Å². The number of hydrogen-bond acceptors (Lipinski definition) is 2. The van der Waals surface area contributed by atoms with E-state index in [4.69, 9.17) is 4.98 Å². The molecule has 2 aromatic rings.